The Kier molecular flexibility index (Phi) is 4.39. The largest absolute Gasteiger partial charge is 0.497 e. The zero-order chi connectivity index (χ0) is 20.1. The molecule has 0 fully saturated rings. The first-order valence-electron chi connectivity index (χ1n) is 9.06. The molecule has 2 aromatic carbocycles. The minimum atomic E-state index is -0.740. The number of aromatic nitrogens is 1. The Labute approximate surface area is 168 Å². The molecule has 0 atom stereocenters. The molecule has 0 spiro atoms. The van der Waals surface area contributed by atoms with Gasteiger partial charge in [0.15, 0.2) is 11.6 Å². The van der Waals surface area contributed by atoms with Crippen LogP contribution in [0, 0.1) is 5.41 Å². The maximum Gasteiger partial charge on any atom is 0.186 e. The van der Waals surface area contributed by atoms with E-state index in [2.05, 4.69) is 0 Å². The highest BCUT2D eigenvalue weighted by molar-refractivity contribution is 6.30. The van der Waals surface area contributed by atoms with Crippen molar-refractivity contribution >= 4 is 23.2 Å². The number of halogens is 1. The van der Waals surface area contributed by atoms with Crippen molar-refractivity contribution in [1.29, 1.82) is 0 Å². The summed E-state index contributed by atoms with van der Waals surface area (Å²) in [7, 11) is 1.60. The zero-order valence-corrected chi connectivity index (χ0v) is 16.7. The molecule has 0 bridgehead atoms. The summed E-state index contributed by atoms with van der Waals surface area (Å²) in [6.45, 7) is 3.64. The lowest BCUT2D eigenvalue weighted by Gasteiger charge is -2.28. The Bertz CT molecular complexity index is 1090. The number of carbonyl (C=O) groups excluding carboxylic acids is 2. The highest BCUT2D eigenvalue weighted by Gasteiger charge is 2.42. The Hall–Kier alpha value is -2.85. The van der Waals surface area contributed by atoms with Gasteiger partial charge >= 0.3 is 0 Å². The molecule has 0 radical (unpaired) electrons. The summed E-state index contributed by atoms with van der Waals surface area (Å²) in [4.78, 5) is 26.1. The molecule has 4 rings (SSSR count). The molecule has 1 heterocycles. The van der Waals surface area contributed by atoms with Gasteiger partial charge in [-0.2, -0.15) is 0 Å². The van der Waals surface area contributed by atoms with Gasteiger partial charge in [0.05, 0.1) is 12.8 Å². The van der Waals surface area contributed by atoms with Gasteiger partial charge in [-0.15, -0.1) is 0 Å². The molecule has 5 heteroatoms. The van der Waals surface area contributed by atoms with Gasteiger partial charge in [0.1, 0.15) is 11.4 Å². The first-order chi connectivity index (χ1) is 13.3. The van der Waals surface area contributed by atoms with Gasteiger partial charge in [0.25, 0.3) is 0 Å². The van der Waals surface area contributed by atoms with E-state index >= 15 is 0 Å². The quantitative estimate of drug-likeness (QED) is 0.581. The van der Waals surface area contributed by atoms with Gasteiger partial charge in [-0.25, -0.2) is 0 Å². The molecule has 4 nitrogen and oxygen atoms in total. The Morgan fingerprint density at radius 2 is 1.75 bits per heavy atom. The number of rotatable bonds is 3. The second kappa shape index (κ2) is 6.64. The Morgan fingerprint density at radius 3 is 2.43 bits per heavy atom. The van der Waals surface area contributed by atoms with Gasteiger partial charge in [0.2, 0.25) is 0 Å². The summed E-state index contributed by atoms with van der Waals surface area (Å²) in [6.07, 6.45) is 0.209. The summed E-state index contributed by atoms with van der Waals surface area (Å²) in [5.74, 6) is 0.623. The molecule has 1 aliphatic carbocycles. The van der Waals surface area contributed by atoms with Gasteiger partial charge < -0.3 is 9.30 Å². The molecule has 0 saturated heterocycles. The summed E-state index contributed by atoms with van der Waals surface area (Å²) >= 11 is 6.05. The molecule has 3 aromatic rings. The average Bonchev–Trinajstić information content (AvgIpc) is 3.07. The molecular formula is C23H20ClNO3. The number of Topliss-reactive ketones (excluding diaryl/α,β-unsaturated/α-hetero) is 2. The van der Waals surface area contributed by atoms with E-state index < -0.39 is 5.41 Å². The van der Waals surface area contributed by atoms with E-state index in [1.54, 1.807) is 19.2 Å². The van der Waals surface area contributed by atoms with Crippen molar-refractivity contribution in [3.63, 3.8) is 0 Å². The number of methoxy groups -OCH3 is 1. The number of ketones is 2. The third kappa shape index (κ3) is 2.94. The van der Waals surface area contributed by atoms with Crippen molar-refractivity contribution in [2.75, 3.05) is 7.11 Å². The molecule has 1 aromatic heterocycles. The summed E-state index contributed by atoms with van der Waals surface area (Å²) in [5.41, 5.74) is 2.58. The van der Waals surface area contributed by atoms with Crippen LogP contribution < -0.4 is 4.74 Å². The van der Waals surface area contributed by atoms with Crippen molar-refractivity contribution in [2.45, 2.75) is 20.3 Å². The first kappa shape index (κ1) is 18.5. The minimum absolute atomic E-state index is 0.0172. The molecule has 0 unspecified atom stereocenters. The molecule has 0 saturated carbocycles. The molecule has 0 aliphatic heterocycles. The fraction of sp³-hybridized carbons (Fsp3) is 0.217. The lowest BCUT2D eigenvalue weighted by molar-refractivity contribution is 0.0732. The maximum atomic E-state index is 13.3. The van der Waals surface area contributed by atoms with Gasteiger partial charge in [-0.3, -0.25) is 9.59 Å². The third-order valence-corrected chi connectivity index (χ3v) is 5.44. The van der Waals surface area contributed by atoms with Crippen molar-refractivity contribution in [1.82, 2.24) is 4.57 Å². The summed E-state index contributed by atoms with van der Waals surface area (Å²) in [6, 6.07) is 16.7. The van der Waals surface area contributed by atoms with Gasteiger partial charge in [-0.1, -0.05) is 43.6 Å². The predicted molar refractivity (Wildman–Crippen MR) is 110 cm³/mol. The maximum absolute atomic E-state index is 13.3. The molecule has 28 heavy (non-hydrogen) atoms. The van der Waals surface area contributed by atoms with Crippen molar-refractivity contribution < 1.29 is 14.3 Å². The number of ether oxygens (including phenoxy) is 1. The van der Waals surface area contributed by atoms with Crippen LogP contribution in [0.15, 0.2) is 54.6 Å². The van der Waals surface area contributed by atoms with E-state index in [1.165, 1.54) is 0 Å². The van der Waals surface area contributed by atoms with E-state index in [0.29, 0.717) is 22.0 Å². The van der Waals surface area contributed by atoms with Crippen LogP contribution in [0.25, 0.3) is 16.9 Å². The number of benzene rings is 2. The lowest BCUT2D eigenvalue weighted by Crippen LogP contribution is -2.35. The van der Waals surface area contributed by atoms with Crippen molar-refractivity contribution in [2.24, 2.45) is 5.41 Å². The van der Waals surface area contributed by atoms with E-state index in [0.717, 1.165) is 16.9 Å². The van der Waals surface area contributed by atoms with Crippen molar-refractivity contribution in [3.05, 3.63) is 70.9 Å². The molecule has 142 valence electrons. The number of fused-ring (bicyclic) bond motifs is 1. The highest BCUT2D eigenvalue weighted by Crippen LogP contribution is 2.40. The van der Waals surface area contributed by atoms with Gasteiger partial charge in [0, 0.05) is 34.2 Å². The smallest absolute Gasteiger partial charge is 0.186 e. The van der Waals surface area contributed by atoms with Crippen LogP contribution in [0.2, 0.25) is 5.02 Å². The van der Waals surface area contributed by atoms with Crippen LogP contribution in [0.3, 0.4) is 0 Å². The molecule has 0 amide bonds. The van der Waals surface area contributed by atoms with E-state index in [4.69, 9.17) is 16.3 Å². The Balaban J connectivity index is 2.05. The van der Waals surface area contributed by atoms with Crippen LogP contribution in [-0.2, 0) is 0 Å². The Morgan fingerprint density at radius 1 is 1.04 bits per heavy atom. The fourth-order valence-corrected chi connectivity index (χ4v) is 3.82. The average molecular weight is 394 g/mol. The number of hydrogen-bond acceptors (Lipinski definition) is 3. The second-order valence-electron chi connectivity index (χ2n) is 7.65. The standard InChI is InChI=1S/C23H20ClNO3/c1-23(2)13-20(26)18-12-19(14-7-9-15(24)10-8-14)25(21(18)22(23)27)16-5-4-6-17(11-16)28-3/h4-12H,13H2,1-3H3. The van der Waals surface area contributed by atoms with E-state index in [9.17, 15) is 9.59 Å². The van der Waals surface area contributed by atoms with Crippen LogP contribution in [0.1, 0.15) is 41.1 Å². The zero-order valence-electron chi connectivity index (χ0n) is 16.0. The SMILES string of the molecule is COc1cccc(-n2c(-c3ccc(Cl)cc3)cc3c2C(=O)C(C)(C)CC3=O)c1. The van der Waals surface area contributed by atoms with Crippen LogP contribution in [0.5, 0.6) is 5.75 Å². The topological polar surface area (TPSA) is 48.3 Å². The number of carbonyl (C=O) groups is 2. The minimum Gasteiger partial charge on any atom is -0.497 e. The molecular weight excluding hydrogens is 374 g/mol. The highest BCUT2D eigenvalue weighted by atomic mass is 35.5. The number of hydrogen-bond donors (Lipinski definition) is 0. The van der Waals surface area contributed by atoms with Crippen LogP contribution >= 0.6 is 11.6 Å². The third-order valence-electron chi connectivity index (χ3n) is 5.18. The van der Waals surface area contributed by atoms with Crippen LogP contribution in [-0.4, -0.2) is 23.2 Å². The van der Waals surface area contributed by atoms with Crippen LogP contribution in [0.4, 0.5) is 0 Å². The molecule has 0 N–H and O–H groups in total. The monoisotopic (exact) mass is 393 g/mol. The summed E-state index contributed by atoms with van der Waals surface area (Å²) in [5, 5.41) is 0.626. The summed E-state index contributed by atoms with van der Waals surface area (Å²) < 4.78 is 7.23. The van der Waals surface area contributed by atoms with Crippen molar-refractivity contribution in [3.8, 4) is 22.7 Å². The van der Waals surface area contributed by atoms with E-state index in [-0.39, 0.29) is 18.0 Å². The number of nitrogens with zero attached hydrogens (tertiary/aromatic N) is 1. The molecule has 1 aliphatic rings. The van der Waals surface area contributed by atoms with Gasteiger partial charge in [-0.05, 0) is 35.9 Å². The fourth-order valence-electron chi connectivity index (χ4n) is 3.70. The lowest BCUT2D eigenvalue weighted by atomic mass is 9.75. The van der Waals surface area contributed by atoms with E-state index in [1.807, 2.05) is 60.9 Å². The second-order valence-corrected chi connectivity index (χ2v) is 8.09. The predicted octanol–water partition coefficient (Wildman–Crippen LogP) is 5.60. The first-order valence-corrected chi connectivity index (χ1v) is 9.44. The normalized spacial score (nSPS) is 15.4.